The van der Waals surface area contributed by atoms with E-state index in [-0.39, 0.29) is 63.5 Å². The van der Waals surface area contributed by atoms with Crippen LogP contribution in [-0.4, -0.2) is 153 Å². The van der Waals surface area contributed by atoms with Crippen molar-refractivity contribution < 1.29 is 92.5 Å². The van der Waals surface area contributed by atoms with Gasteiger partial charge >= 0.3 is 41.4 Å². The minimum absolute atomic E-state index is 0.0228. The van der Waals surface area contributed by atoms with Crippen LogP contribution >= 0.6 is 0 Å². The number of methoxy groups -OCH3 is 1. The molecule has 0 unspecified atom stereocenters. The van der Waals surface area contributed by atoms with E-state index in [1.807, 2.05) is 0 Å². The standard InChI is InChI=1S/C47H51N5O21/c1-69-29-11-12-32(50(20-42(57)58)21-43(59)60)38(15-29)71-35-3-2-4-36(35)72-39-17-33(52(67)68)26(14-34(39)51(22-44(61)62)23-45(63)64)24-70-30-10-5-25-13-31(47(66)73-37(25)16-30)46(65)48-27-6-8-28(9-7-27)49(18-40(53)54)19-41(55)56/h5,10-17,27-28,35-36H,2-4,6-9,18-24H2,1H3,(H,48,65)(H,53,54)(H,55,56)(H,57,58)(H,59,60)(H,61,62)(H,63,64)/t27?,28?,35-,36+/m1/s1. The van der Waals surface area contributed by atoms with Gasteiger partial charge in [-0.3, -0.25) is 48.6 Å². The number of hydrogen-bond acceptors (Lipinski definition) is 18. The Hall–Kier alpha value is -8.68. The summed E-state index contributed by atoms with van der Waals surface area (Å²) < 4.78 is 29.4. The monoisotopic (exact) mass is 1020 g/mol. The topological polar surface area (TPSA) is 373 Å². The molecule has 390 valence electrons. The first-order valence-corrected chi connectivity index (χ1v) is 22.6. The van der Waals surface area contributed by atoms with Crippen molar-refractivity contribution >= 4 is 69.8 Å². The first kappa shape index (κ1) is 53.7. The number of fused-ring (bicyclic) bond motifs is 1. The largest absolute Gasteiger partial charge is 0.497 e. The van der Waals surface area contributed by atoms with Crippen LogP contribution in [0.25, 0.3) is 11.0 Å². The zero-order chi connectivity index (χ0) is 53.1. The minimum atomic E-state index is -1.45. The van der Waals surface area contributed by atoms with Crippen LogP contribution in [0.2, 0.25) is 0 Å². The molecule has 2 aliphatic rings. The number of carbonyl (C=O) groups is 7. The number of rotatable bonds is 26. The van der Waals surface area contributed by atoms with Gasteiger partial charge in [0, 0.05) is 29.6 Å². The van der Waals surface area contributed by atoms with Crippen LogP contribution in [-0.2, 0) is 35.4 Å². The number of nitro groups is 1. The average Bonchev–Trinajstić information content (AvgIpc) is 3.74. The van der Waals surface area contributed by atoms with E-state index in [0.717, 1.165) is 21.9 Å². The molecule has 3 aromatic carbocycles. The molecule has 0 bridgehead atoms. The molecule has 0 aliphatic heterocycles. The van der Waals surface area contributed by atoms with Gasteiger partial charge in [0.15, 0.2) is 0 Å². The zero-order valence-electron chi connectivity index (χ0n) is 39.0. The number of nitro benzene ring substituents is 1. The van der Waals surface area contributed by atoms with Crippen LogP contribution < -0.4 is 39.7 Å². The number of carbonyl (C=O) groups excluding carboxylic acids is 1. The lowest BCUT2D eigenvalue weighted by atomic mass is 9.90. The molecule has 2 saturated carbocycles. The number of carboxylic acid groups (broad SMARTS) is 6. The second kappa shape index (κ2) is 24.0. The summed E-state index contributed by atoms with van der Waals surface area (Å²) in [5.74, 6) is -8.61. The van der Waals surface area contributed by atoms with Crippen molar-refractivity contribution in [1.29, 1.82) is 0 Å². The summed E-state index contributed by atoms with van der Waals surface area (Å²) in [6, 6.07) is 11.2. The van der Waals surface area contributed by atoms with Crippen molar-refractivity contribution in [1.82, 2.24) is 10.2 Å². The van der Waals surface area contributed by atoms with Gasteiger partial charge in [-0.15, -0.1) is 0 Å². The lowest BCUT2D eigenvalue weighted by Gasteiger charge is -2.35. The third kappa shape index (κ3) is 14.5. The molecule has 0 radical (unpaired) electrons. The van der Waals surface area contributed by atoms with E-state index in [0.29, 0.717) is 43.9 Å². The summed E-state index contributed by atoms with van der Waals surface area (Å²) in [5, 5.41) is 72.9. The number of amides is 1. The Balaban J connectivity index is 1.23. The van der Waals surface area contributed by atoms with E-state index in [2.05, 4.69) is 5.32 Å². The number of hydrogen-bond donors (Lipinski definition) is 7. The highest BCUT2D eigenvalue weighted by Gasteiger charge is 2.36. The summed E-state index contributed by atoms with van der Waals surface area (Å²) in [6.07, 6.45) is 0.817. The average molecular weight is 1020 g/mol. The van der Waals surface area contributed by atoms with Crippen LogP contribution in [0.4, 0.5) is 17.1 Å². The Morgan fingerprint density at radius 1 is 0.671 bits per heavy atom. The lowest BCUT2D eigenvalue weighted by molar-refractivity contribution is -0.385. The highest BCUT2D eigenvalue weighted by atomic mass is 16.6. The van der Waals surface area contributed by atoms with Gasteiger partial charge in [-0.25, -0.2) is 4.79 Å². The van der Waals surface area contributed by atoms with E-state index >= 15 is 0 Å². The SMILES string of the molecule is COc1ccc(N(CC(=O)O)CC(=O)O)c(O[C@@H]2CCC[C@@H]2Oc2cc([N+](=O)[O-])c(COc3ccc4cc(C(=O)NC5CCC(N(CC(=O)O)CC(=O)O)CC5)c(=O)oc4c3)cc2N(CC(=O)O)CC(=O)O)c1. The van der Waals surface area contributed by atoms with Gasteiger partial charge in [0.2, 0.25) is 0 Å². The second-order valence-corrected chi connectivity index (χ2v) is 17.2. The molecule has 6 rings (SSSR count). The molecule has 26 heteroatoms. The van der Waals surface area contributed by atoms with Gasteiger partial charge < -0.3 is 69.1 Å². The number of carboxylic acids is 6. The molecule has 1 amide bonds. The van der Waals surface area contributed by atoms with Crippen molar-refractivity contribution in [3.05, 3.63) is 86.3 Å². The Labute approximate surface area is 413 Å². The lowest BCUT2D eigenvalue weighted by Crippen LogP contribution is -2.47. The third-order valence-corrected chi connectivity index (χ3v) is 12.0. The first-order chi connectivity index (χ1) is 34.7. The van der Waals surface area contributed by atoms with E-state index < -0.39 is 122 Å². The molecule has 2 aliphatic carbocycles. The quantitative estimate of drug-likeness (QED) is 0.0270. The molecular formula is C47H51N5O21. The van der Waals surface area contributed by atoms with Crippen molar-refractivity contribution in [2.45, 2.75) is 75.8 Å². The highest BCUT2D eigenvalue weighted by Crippen LogP contribution is 2.41. The van der Waals surface area contributed by atoms with E-state index in [9.17, 15) is 79.1 Å². The van der Waals surface area contributed by atoms with E-state index in [1.165, 1.54) is 54.5 Å². The second-order valence-electron chi connectivity index (χ2n) is 17.2. The van der Waals surface area contributed by atoms with Crippen molar-refractivity contribution in [3.8, 4) is 23.0 Å². The fraction of sp³-hybridized carbons (Fsp3) is 0.404. The highest BCUT2D eigenvalue weighted by molar-refractivity contribution is 5.97. The van der Waals surface area contributed by atoms with Crippen LogP contribution in [0.3, 0.4) is 0 Å². The molecule has 26 nitrogen and oxygen atoms in total. The van der Waals surface area contributed by atoms with Crippen LogP contribution in [0.1, 0.15) is 60.9 Å². The molecule has 4 aromatic rings. The fourth-order valence-electron chi connectivity index (χ4n) is 8.81. The van der Waals surface area contributed by atoms with Crippen molar-refractivity contribution in [2.75, 3.05) is 56.2 Å². The summed E-state index contributed by atoms with van der Waals surface area (Å²) >= 11 is 0. The Morgan fingerprint density at radius 3 is 1.74 bits per heavy atom. The van der Waals surface area contributed by atoms with Gasteiger partial charge in [-0.05, 0) is 81.3 Å². The molecule has 0 saturated heterocycles. The maximum absolute atomic E-state index is 13.3. The number of ether oxygens (including phenoxy) is 4. The minimum Gasteiger partial charge on any atom is -0.497 e. The number of nitrogens with zero attached hydrogens (tertiary/aromatic N) is 4. The maximum Gasteiger partial charge on any atom is 0.349 e. The van der Waals surface area contributed by atoms with Gasteiger partial charge in [0.1, 0.15) is 79.1 Å². The normalized spacial score (nSPS) is 17.3. The molecular weight excluding hydrogens is 971 g/mol. The number of nitrogens with one attached hydrogen (secondary N) is 1. The Morgan fingerprint density at radius 2 is 1.21 bits per heavy atom. The van der Waals surface area contributed by atoms with E-state index in [4.69, 9.17) is 23.4 Å². The van der Waals surface area contributed by atoms with E-state index in [1.54, 1.807) is 0 Å². The van der Waals surface area contributed by atoms with Gasteiger partial charge in [-0.2, -0.15) is 0 Å². The number of benzene rings is 3. The van der Waals surface area contributed by atoms with Crippen LogP contribution in [0, 0.1) is 10.1 Å². The molecule has 7 N–H and O–H groups in total. The van der Waals surface area contributed by atoms with Crippen LogP contribution in [0.5, 0.6) is 23.0 Å². The summed E-state index contributed by atoms with van der Waals surface area (Å²) in [7, 11) is 1.37. The van der Waals surface area contributed by atoms with Crippen LogP contribution in [0.15, 0.2) is 63.8 Å². The van der Waals surface area contributed by atoms with Crippen molar-refractivity contribution in [2.24, 2.45) is 0 Å². The van der Waals surface area contributed by atoms with Gasteiger partial charge in [0.05, 0.1) is 48.1 Å². The number of aliphatic carboxylic acids is 6. The predicted octanol–water partition coefficient (Wildman–Crippen LogP) is 3.13. The summed E-state index contributed by atoms with van der Waals surface area (Å²) in [4.78, 5) is 112. The third-order valence-electron chi connectivity index (χ3n) is 12.0. The van der Waals surface area contributed by atoms with Crippen molar-refractivity contribution in [3.63, 3.8) is 0 Å². The van der Waals surface area contributed by atoms with Gasteiger partial charge in [0.25, 0.3) is 11.6 Å². The maximum atomic E-state index is 13.3. The molecule has 1 aromatic heterocycles. The molecule has 73 heavy (non-hydrogen) atoms. The smallest absolute Gasteiger partial charge is 0.349 e. The predicted molar refractivity (Wildman–Crippen MR) is 251 cm³/mol. The molecule has 1 heterocycles. The zero-order valence-corrected chi connectivity index (χ0v) is 39.0. The Kier molecular flexibility index (Phi) is 17.6. The molecule has 2 atom stereocenters. The fourth-order valence-corrected chi connectivity index (χ4v) is 8.81. The summed E-state index contributed by atoms with van der Waals surface area (Å²) in [6.45, 7) is -4.70. The molecule has 0 spiro atoms. The summed E-state index contributed by atoms with van der Waals surface area (Å²) in [5.41, 5.74) is -2.20. The Bertz CT molecular complexity index is 2780. The number of anilines is 2. The first-order valence-electron chi connectivity index (χ1n) is 22.6. The molecule has 2 fully saturated rings. The van der Waals surface area contributed by atoms with Gasteiger partial charge in [-0.1, -0.05) is 0 Å².